The summed E-state index contributed by atoms with van der Waals surface area (Å²) in [7, 11) is 0. The SMILES string of the molecule is CCCCC1=CCC(C2=NC(C3=CC4C=CC=CC4CC3)N=C(C3=CCCC4C3=CC=CC4C3=CCCc4oc5c(c43)C=CCC5)N2)CC1. The fourth-order valence-electron chi connectivity index (χ4n) is 9.78. The lowest BCUT2D eigenvalue weighted by atomic mass is 9.68. The molecular formula is C45H51N3O. The molecule has 0 spiro atoms. The molecule has 8 aliphatic rings. The molecule has 0 fully saturated rings. The molecule has 0 aromatic carbocycles. The Morgan fingerprint density at radius 3 is 2.71 bits per heavy atom. The zero-order valence-electron chi connectivity index (χ0n) is 29.2. The maximum atomic E-state index is 6.50. The van der Waals surface area contributed by atoms with Crippen molar-refractivity contribution in [2.45, 2.75) is 103 Å². The number of nitrogens with zero attached hydrogens (tertiary/aromatic N) is 2. The Morgan fingerprint density at radius 1 is 0.857 bits per heavy atom. The van der Waals surface area contributed by atoms with Gasteiger partial charge >= 0.3 is 0 Å². The van der Waals surface area contributed by atoms with E-state index in [1.165, 1.54) is 83.5 Å². The van der Waals surface area contributed by atoms with E-state index in [-0.39, 0.29) is 6.17 Å². The van der Waals surface area contributed by atoms with Crippen molar-refractivity contribution in [1.82, 2.24) is 5.32 Å². The Bertz CT molecular complexity index is 1840. The van der Waals surface area contributed by atoms with E-state index in [9.17, 15) is 0 Å². The van der Waals surface area contributed by atoms with Gasteiger partial charge in [0, 0.05) is 47.3 Å². The van der Waals surface area contributed by atoms with Crippen LogP contribution in [0.1, 0.15) is 107 Å². The molecular weight excluding hydrogens is 599 g/mol. The Balaban J connectivity index is 1.03. The second-order valence-electron chi connectivity index (χ2n) is 15.4. The van der Waals surface area contributed by atoms with Crippen molar-refractivity contribution in [3.05, 3.63) is 118 Å². The third kappa shape index (κ3) is 5.89. The van der Waals surface area contributed by atoms with Crippen LogP contribution < -0.4 is 5.32 Å². The van der Waals surface area contributed by atoms with Gasteiger partial charge in [0.15, 0.2) is 6.17 Å². The summed E-state index contributed by atoms with van der Waals surface area (Å²) in [6, 6.07) is 0. The zero-order chi connectivity index (χ0) is 32.7. The highest BCUT2D eigenvalue weighted by atomic mass is 16.3. The average Bonchev–Trinajstić information content (AvgIpc) is 3.55. The summed E-state index contributed by atoms with van der Waals surface area (Å²) in [4.78, 5) is 10.9. The van der Waals surface area contributed by atoms with Crippen LogP contribution in [0.3, 0.4) is 0 Å². The van der Waals surface area contributed by atoms with E-state index < -0.39 is 0 Å². The maximum absolute atomic E-state index is 6.50. The number of nitrogens with one attached hydrogen (secondary N) is 1. The van der Waals surface area contributed by atoms with Crippen LogP contribution in [0.25, 0.3) is 11.6 Å². The Morgan fingerprint density at radius 2 is 1.80 bits per heavy atom. The normalized spacial score (nSPS) is 31.4. The summed E-state index contributed by atoms with van der Waals surface area (Å²) >= 11 is 0. The van der Waals surface area contributed by atoms with Crippen molar-refractivity contribution < 1.29 is 4.42 Å². The van der Waals surface area contributed by atoms with Gasteiger partial charge < -0.3 is 9.73 Å². The smallest absolute Gasteiger partial charge is 0.165 e. The van der Waals surface area contributed by atoms with Gasteiger partial charge in [0.25, 0.3) is 0 Å². The van der Waals surface area contributed by atoms with Gasteiger partial charge in [-0.25, -0.2) is 9.98 Å². The van der Waals surface area contributed by atoms with Crippen molar-refractivity contribution >= 4 is 23.3 Å². The van der Waals surface area contributed by atoms with Crippen LogP contribution in [0, 0.1) is 29.6 Å². The van der Waals surface area contributed by atoms with E-state index in [2.05, 4.69) is 91.2 Å². The molecule has 252 valence electrons. The summed E-state index contributed by atoms with van der Waals surface area (Å²) in [6.07, 6.45) is 46.8. The predicted octanol–water partition coefficient (Wildman–Crippen LogP) is 10.7. The molecule has 49 heavy (non-hydrogen) atoms. The first-order valence-electron chi connectivity index (χ1n) is 19.5. The highest BCUT2D eigenvalue weighted by Crippen LogP contribution is 2.49. The number of fused-ring (bicyclic) bond motifs is 5. The van der Waals surface area contributed by atoms with Gasteiger partial charge in [-0.3, -0.25) is 0 Å². The van der Waals surface area contributed by atoms with E-state index in [0.29, 0.717) is 29.6 Å². The standard InChI is InChI=1S/C45H51N3O/c1-2-3-11-29-22-24-31(25-23-29)43-46-44(33-27-26-30-12-4-5-13-32(30)28-33)48-45(47-43)38-19-9-15-34-35(16-8-17-36(34)38)37-18-10-21-41-42(37)39-14-6-7-20-40(39)49-41/h4-6,8,12-14,16-19,22,28,30-32,34-35,44H,2-3,7,9-11,15,20-21,23-27H2,1H3,(H,46,47,48). The molecule has 1 aromatic rings. The summed E-state index contributed by atoms with van der Waals surface area (Å²) in [5, 5.41) is 3.90. The number of furan rings is 1. The van der Waals surface area contributed by atoms with E-state index in [1.807, 2.05) is 0 Å². The Labute approximate surface area is 292 Å². The molecule has 1 aliphatic heterocycles. The first-order chi connectivity index (χ1) is 24.2. The summed E-state index contributed by atoms with van der Waals surface area (Å²) in [6.45, 7) is 2.30. The van der Waals surface area contributed by atoms with Gasteiger partial charge in [0.1, 0.15) is 23.2 Å². The van der Waals surface area contributed by atoms with E-state index in [0.717, 1.165) is 63.0 Å². The number of amidine groups is 2. The van der Waals surface area contributed by atoms with Crippen LogP contribution in [0.4, 0.5) is 0 Å². The first kappa shape index (κ1) is 31.1. The van der Waals surface area contributed by atoms with Crippen molar-refractivity contribution in [2.24, 2.45) is 39.6 Å². The summed E-state index contributed by atoms with van der Waals surface area (Å²) in [5.41, 5.74) is 10.0. The average molecular weight is 650 g/mol. The van der Waals surface area contributed by atoms with Crippen LogP contribution in [0.2, 0.25) is 0 Å². The number of allylic oxidation sites excluding steroid dienone is 14. The lowest BCUT2D eigenvalue weighted by Gasteiger charge is -2.38. The molecule has 1 N–H and O–H groups in total. The topological polar surface area (TPSA) is 49.9 Å². The van der Waals surface area contributed by atoms with Crippen molar-refractivity contribution in [3.63, 3.8) is 0 Å². The third-order valence-corrected chi connectivity index (χ3v) is 12.4. The van der Waals surface area contributed by atoms with Gasteiger partial charge in [-0.15, -0.1) is 0 Å². The number of aliphatic imine (C=N–C) groups is 2. The van der Waals surface area contributed by atoms with Crippen molar-refractivity contribution in [3.8, 4) is 0 Å². The second-order valence-corrected chi connectivity index (χ2v) is 15.4. The van der Waals surface area contributed by atoms with Crippen molar-refractivity contribution in [2.75, 3.05) is 0 Å². The molecule has 4 heteroatoms. The molecule has 0 saturated heterocycles. The van der Waals surface area contributed by atoms with E-state index >= 15 is 0 Å². The van der Waals surface area contributed by atoms with Gasteiger partial charge in [0.2, 0.25) is 0 Å². The largest absolute Gasteiger partial charge is 0.465 e. The summed E-state index contributed by atoms with van der Waals surface area (Å²) < 4.78 is 6.50. The van der Waals surface area contributed by atoms with Crippen LogP contribution in [0.5, 0.6) is 0 Å². The molecule has 2 heterocycles. The molecule has 0 radical (unpaired) electrons. The Hall–Kier alpha value is -3.92. The lowest BCUT2D eigenvalue weighted by molar-refractivity contribution is 0.456. The van der Waals surface area contributed by atoms with Gasteiger partial charge in [0.05, 0.1) is 0 Å². The van der Waals surface area contributed by atoms with E-state index in [1.54, 1.807) is 5.57 Å². The third-order valence-electron chi connectivity index (χ3n) is 12.4. The van der Waals surface area contributed by atoms with Gasteiger partial charge in [-0.1, -0.05) is 97.9 Å². The van der Waals surface area contributed by atoms with Crippen LogP contribution >= 0.6 is 0 Å². The minimum atomic E-state index is -0.137. The monoisotopic (exact) mass is 649 g/mol. The quantitative estimate of drug-likeness (QED) is 0.299. The van der Waals surface area contributed by atoms with Crippen LogP contribution in [-0.2, 0) is 12.8 Å². The molecule has 0 amide bonds. The number of aryl methyl sites for hydroxylation is 2. The molecule has 0 saturated carbocycles. The van der Waals surface area contributed by atoms with Crippen molar-refractivity contribution in [1.29, 1.82) is 0 Å². The molecule has 6 atom stereocenters. The fourth-order valence-corrected chi connectivity index (χ4v) is 9.78. The van der Waals surface area contributed by atoms with Gasteiger partial charge in [-0.2, -0.15) is 0 Å². The second kappa shape index (κ2) is 13.4. The molecule has 0 bridgehead atoms. The first-order valence-corrected chi connectivity index (χ1v) is 19.5. The minimum Gasteiger partial charge on any atom is -0.465 e. The fraction of sp³-hybridized carbons (Fsp3) is 0.467. The van der Waals surface area contributed by atoms with Gasteiger partial charge in [-0.05, 0) is 99.2 Å². The Kier molecular flexibility index (Phi) is 8.51. The minimum absolute atomic E-state index is 0.137. The highest BCUT2D eigenvalue weighted by Gasteiger charge is 2.38. The molecule has 7 aliphatic carbocycles. The molecule has 6 unspecified atom stereocenters. The zero-order valence-corrected chi connectivity index (χ0v) is 29.2. The number of rotatable bonds is 7. The predicted molar refractivity (Wildman–Crippen MR) is 203 cm³/mol. The number of unbranched alkanes of at least 4 members (excludes halogenated alkanes) is 1. The summed E-state index contributed by atoms with van der Waals surface area (Å²) in [5.74, 6) is 6.87. The molecule has 1 aromatic heterocycles. The highest BCUT2D eigenvalue weighted by molar-refractivity contribution is 6.13. The number of hydrogen-bond acceptors (Lipinski definition) is 4. The maximum Gasteiger partial charge on any atom is 0.165 e. The molecule has 9 rings (SSSR count). The van der Waals surface area contributed by atoms with Crippen LogP contribution in [0.15, 0.2) is 110 Å². The lowest BCUT2D eigenvalue weighted by Crippen LogP contribution is -2.43. The molecule has 4 nitrogen and oxygen atoms in total. The van der Waals surface area contributed by atoms with E-state index in [4.69, 9.17) is 14.4 Å². The van der Waals surface area contributed by atoms with Crippen LogP contribution in [-0.4, -0.2) is 17.8 Å². The number of hydrogen-bond donors (Lipinski definition) is 1.